The minimum Gasteiger partial charge on any atom is -0.469 e. The van der Waals surface area contributed by atoms with Crippen molar-refractivity contribution in [2.24, 2.45) is 5.92 Å². The van der Waals surface area contributed by atoms with Crippen LogP contribution in [-0.4, -0.2) is 49.2 Å². The third kappa shape index (κ3) is 2.61. The van der Waals surface area contributed by atoms with Gasteiger partial charge in [0.15, 0.2) is 0 Å². The van der Waals surface area contributed by atoms with Gasteiger partial charge in [0.05, 0.1) is 12.7 Å². The van der Waals surface area contributed by atoms with Crippen LogP contribution in [0.2, 0.25) is 0 Å². The molecule has 5 nitrogen and oxygen atoms in total. The molecule has 0 saturated carbocycles. The van der Waals surface area contributed by atoms with Gasteiger partial charge in [-0.2, -0.15) is 0 Å². The summed E-state index contributed by atoms with van der Waals surface area (Å²) in [5.41, 5.74) is 0.511. The van der Waals surface area contributed by atoms with Gasteiger partial charge < -0.3 is 9.47 Å². The van der Waals surface area contributed by atoms with Crippen LogP contribution in [0.5, 0.6) is 0 Å². The van der Waals surface area contributed by atoms with Crippen LogP contribution in [0.25, 0.3) is 0 Å². The second-order valence-electron chi connectivity index (χ2n) is 6.06. The molecule has 1 aromatic rings. The van der Waals surface area contributed by atoms with Crippen molar-refractivity contribution in [2.45, 2.75) is 37.5 Å². The number of fused-ring (bicyclic) bond motifs is 2. The first-order chi connectivity index (χ1) is 10.6. The maximum atomic E-state index is 12.3. The van der Waals surface area contributed by atoms with Crippen molar-refractivity contribution in [3.05, 3.63) is 35.9 Å². The summed E-state index contributed by atoms with van der Waals surface area (Å²) in [6.45, 7) is 0. The summed E-state index contributed by atoms with van der Waals surface area (Å²) in [6.07, 6.45) is 2.26. The van der Waals surface area contributed by atoms with Gasteiger partial charge in [-0.05, 0) is 32.0 Å². The second-order valence-corrected chi connectivity index (χ2v) is 6.06. The molecule has 22 heavy (non-hydrogen) atoms. The Labute approximate surface area is 130 Å². The number of hydrogen-bond donors (Lipinski definition) is 0. The Morgan fingerprint density at radius 1 is 1.18 bits per heavy atom. The monoisotopic (exact) mass is 303 g/mol. The topological polar surface area (TPSA) is 55.8 Å². The van der Waals surface area contributed by atoms with E-state index in [9.17, 15) is 9.59 Å². The summed E-state index contributed by atoms with van der Waals surface area (Å²) in [7, 11) is 3.42. The van der Waals surface area contributed by atoms with Crippen LogP contribution >= 0.6 is 0 Å². The number of nitrogens with zero attached hydrogens (tertiary/aromatic N) is 1. The fourth-order valence-electron chi connectivity index (χ4n) is 3.77. The maximum Gasteiger partial charge on any atom is 0.338 e. The average Bonchev–Trinajstić information content (AvgIpc) is 2.78. The molecular weight excluding hydrogens is 282 g/mol. The Balaban J connectivity index is 1.79. The quantitative estimate of drug-likeness (QED) is 0.798. The summed E-state index contributed by atoms with van der Waals surface area (Å²) in [5.74, 6) is -1.06. The highest BCUT2D eigenvalue weighted by molar-refractivity contribution is 5.89. The fraction of sp³-hybridized carbons (Fsp3) is 0.529. The number of rotatable bonds is 3. The first-order valence-electron chi connectivity index (χ1n) is 7.67. The predicted molar refractivity (Wildman–Crippen MR) is 80.3 cm³/mol. The number of benzene rings is 1. The van der Waals surface area contributed by atoms with Gasteiger partial charge >= 0.3 is 11.9 Å². The van der Waals surface area contributed by atoms with E-state index in [0.29, 0.717) is 18.0 Å². The molecule has 0 unspecified atom stereocenters. The second kappa shape index (κ2) is 6.08. The molecule has 2 bridgehead atoms. The van der Waals surface area contributed by atoms with Crippen molar-refractivity contribution in [1.82, 2.24) is 4.90 Å². The molecule has 2 fully saturated rings. The van der Waals surface area contributed by atoms with Gasteiger partial charge in [-0.15, -0.1) is 0 Å². The smallest absolute Gasteiger partial charge is 0.338 e. The van der Waals surface area contributed by atoms with Crippen molar-refractivity contribution in [2.75, 3.05) is 14.2 Å². The zero-order valence-corrected chi connectivity index (χ0v) is 12.9. The van der Waals surface area contributed by atoms with Gasteiger partial charge in [0.25, 0.3) is 0 Å². The van der Waals surface area contributed by atoms with Crippen LogP contribution in [0, 0.1) is 5.92 Å². The van der Waals surface area contributed by atoms with E-state index in [2.05, 4.69) is 4.90 Å². The molecule has 0 radical (unpaired) electrons. The highest BCUT2D eigenvalue weighted by atomic mass is 16.6. The number of methoxy groups -OCH3 is 1. The van der Waals surface area contributed by atoms with Gasteiger partial charge in [-0.25, -0.2) is 4.79 Å². The van der Waals surface area contributed by atoms with E-state index in [4.69, 9.17) is 9.47 Å². The van der Waals surface area contributed by atoms with Gasteiger partial charge in [-0.1, -0.05) is 18.2 Å². The van der Waals surface area contributed by atoms with E-state index in [1.54, 1.807) is 24.3 Å². The average molecular weight is 303 g/mol. The molecule has 118 valence electrons. The number of piperidine rings is 1. The summed E-state index contributed by atoms with van der Waals surface area (Å²) in [4.78, 5) is 26.7. The molecule has 3 rings (SSSR count). The zero-order valence-electron chi connectivity index (χ0n) is 12.9. The van der Waals surface area contributed by atoms with Crippen LogP contribution < -0.4 is 0 Å². The maximum absolute atomic E-state index is 12.3. The molecule has 0 spiro atoms. The SMILES string of the molecule is COC(=O)[C@@H]1[C@H](OC(=O)c2ccccc2)C[C@H]2CC[C@@H]1N2C. The molecule has 4 atom stereocenters. The number of carbonyl (C=O) groups is 2. The van der Waals surface area contributed by atoms with Crippen molar-refractivity contribution in [1.29, 1.82) is 0 Å². The van der Waals surface area contributed by atoms with Crippen molar-refractivity contribution >= 4 is 11.9 Å². The molecule has 0 aromatic heterocycles. The standard InChI is InChI=1S/C17H21NO4/c1-18-12-8-9-13(18)15(17(20)21-2)14(10-12)22-16(19)11-6-4-3-5-7-11/h3-7,12-15H,8-10H2,1-2H3/t12-,13+,14-,15+/m1/s1. The lowest BCUT2D eigenvalue weighted by atomic mass is 9.87. The molecule has 2 aliphatic heterocycles. The number of ether oxygens (including phenoxy) is 2. The Bertz CT molecular complexity index is 559. The Kier molecular flexibility index (Phi) is 4.16. The number of hydrogen-bond acceptors (Lipinski definition) is 5. The van der Waals surface area contributed by atoms with Gasteiger partial charge in [0.2, 0.25) is 0 Å². The fourth-order valence-corrected chi connectivity index (χ4v) is 3.77. The van der Waals surface area contributed by atoms with E-state index in [0.717, 1.165) is 12.8 Å². The summed E-state index contributed by atoms with van der Waals surface area (Å²) in [6, 6.07) is 9.36. The summed E-state index contributed by atoms with van der Waals surface area (Å²) in [5, 5.41) is 0. The zero-order chi connectivity index (χ0) is 15.7. The lowest BCUT2D eigenvalue weighted by Gasteiger charge is -2.40. The van der Waals surface area contributed by atoms with Crippen LogP contribution in [-0.2, 0) is 14.3 Å². The van der Waals surface area contributed by atoms with Gasteiger partial charge in [-0.3, -0.25) is 9.69 Å². The Morgan fingerprint density at radius 3 is 2.59 bits per heavy atom. The first kappa shape index (κ1) is 15.0. The first-order valence-corrected chi connectivity index (χ1v) is 7.67. The van der Waals surface area contributed by atoms with Gasteiger partial charge in [0.1, 0.15) is 12.0 Å². The highest BCUT2D eigenvalue weighted by Crippen LogP contribution is 2.40. The van der Waals surface area contributed by atoms with Crippen LogP contribution in [0.15, 0.2) is 30.3 Å². The molecule has 5 heteroatoms. The minimum atomic E-state index is -0.408. The molecule has 0 aliphatic carbocycles. The molecule has 2 aliphatic rings. The molecule has 0 N–H and O–H groups in total. The van der Waals surface area contributed by atoms with E-state index in [1.165, 1.54) is 7.11 Å². The molecule has 2 heterocycles. The van der Waals surface area contributed by atoms with E-state index >= 15 is 0 Å². The van der Waals surface area contributed by atoms with Crippen LogP contribution in [0.4, 0.5) is 0 Å². The normalized spacial score (nSPS) is 30.8. The van der Waals surface area contributed by atoms with Gasteiger partial charge in [0, 0.05) is 18.5 Å². The number of esters is 2. The van der Waals surface area contributed by atoms with Crippen LogP contribution in [0.1, 0.15) is 29.6 Å². The van der Waals surface area contributed by atoms with Crippen molar-refractivity contribution in [3.63, 3.8) is 0 Å². The van der Waals surface area contributed by atoms with Crippen LogP contribution in [0.3, 0.4) is 0 Å². The molecule has 2 saturated heterocycles. The summed E-state index contributed by atoms with van der Waals surface area (Å²) >= 11 is 0. The van der Waals surface area contributed by atoms with Crippen molar-refractivity contribution in [3.8, 4) is 0 Å². The molecule has 1 aromatic carbocycles. The molecule has 0 amide bonds. The predicted octanol–water partition coefficient (Wildman–Crippen LogP) is 1.87. The molecular formula is C17H21NO4. The summed E-state index contributed by atoms with van der Waals surface area (Å²) < 4.78 is 10.6. The third-order valence-electron chi connectivity index (χ3n) is 4.96. The Morgan fingerprint density at radius 2 is 1.91 bits per heavy atom. The number of carbonyl (C=O) groups excluding carboxylic acids is 2. The Hall–Kier alpha value is -1.88. The van der Waals surface area contributed by atoms with E-state index in [1.807, 2.05) is 13.1 Å². The highest BCUT2D eigenvalue weighted by Gasteiger charge is 2.50. The lowest BCUT2D eigenvalue weighted by molar-refractivity contribution is -0.156. The van der Waals surface area contributed by atoms with E-state index < -0.39 is 12.0 Å². The lowest BCUT2D eigenvalue weighted by Crippen LogP contribution is -2.53. The van der Waals surface area contributed by atoms with E-state index in [-0.39, 0.29) is 18.0 Å². The van der Waals surface area contributed by atoms with Crippen molar-refractivity contribution < 1.29 is 19.1 Å². The third-order valence-corrected chi connectivity index (χ3v) is 4.96. The largest absolute Gasteiger partial charge is 0.469 e. The minimum absolute atomic E-state index is 0.0970.